The van der Waals surface area contributed by atoms with E-state index in [1.165, 1.54) is 5.57 Å². The average Bonchev–Trinajstić information content (AvgIpc) is 3.08. The topological polar surface area (TPSA) is 40.5 Å². The van der Waals surface area contributed by atoms with Gasteiger partial charge >= 0.3 is 5.97 Å². The van der Waals surface area contributed by atoms with Crippen LogP contribution in [0.25, 0.3) is 17.2 Å². The lowest BCUT2D eigenvalue weighted by Crippen LogP contribution is -2.40. The summed E-state index contributed by atoms with van der Waals surface area (Å²) in [6.07, 6.45) is 5.17. The van der Waals surface area contributed by atoms with Gasteiger partial charge in [-0.3, -0.25) is 9.29 Å². The second-order valence-electron chi connectivity index (χ2n) is 10.4. The van der Waals surface area contributed by atoms with Crippen molar-refractivity contribution >= 4 is 23.2 Å². The van der Waals surface area contributed by atoms with E-state index in [-0.39, 0.29) is 18.1 Å². The Balaban J connectivity index is 1.57. The second kappa shape index (κ2) is 11.0. The average molecular weight is 514 g/mol. The molecule has 0 radical (unpaired) electrons. The summed E-state index contributed by atoms with van der Waals surface area (Å²) >= 11 is 0. The summed E-state index contributed by atoms with van der Waals surface area (Å²) in [6.45, 7) is 5.92. The van der Waals surface area contributed by atoms with Crippen LogP contribution < -0.4 is 0 Å². The number of hydrogen-bond acceptors (Lipinski definition) is 2. The molecule has 5 rings (SSSR count). The molecular formula is C33H33F2NO2. The van der Waals surface area contributed by atoms with Crippen LogP contribution in [0.4, 0.5) is 8.78 Å². The Kier molecular flexibility index (Phi) is 7.57. The molecule has 1 aliphatic carbocycles. The fourth-order valence-corrected chi connectivity index (χ4v) is 5.71. The van der Waals surface area contributed by atoms with Crippen molar-refractivity contribution < 1.29 is 18.7 Å². The number of likely N-dealkylation sites (tertiary alicyclic amines) is 1. The molecule has 3 nitrogen and oxygen atoms in total. The number of fused-ring (bicyclic) bond motifs is 1. The third-order valence-electron chi connectivity index (χ3n) is 7.73. The minimum atomic E-state index is -0.934. The molecule has 1 heterocycles. The van der Waals surface area contributed by atoms with E-state index in [1.54, 1.807) is 19.1 Å². The van der Waals surface area contributed by atoms with Crippen molar-refractivity contribution in [3.63, 3.8) is 0 Å². The molecule has 38 heavy (non-hydrogen) atoms. The summed E-state index contributed by atoms with van der Waals surface area (Å²) < 4.78 is 27.4. The molecule has 0 aromatic heterocycles. The van der Waals surface area contributed by atoms with Crippen LogP contribution >= 0.6 is 0 Å². The van der Waals surface area contributed by atoms with E-state index in [0.29, 0.717) is 17.5 Å². The highest BCUT2D eigenvalue weighted by Gasteiger charge is 2.24. The van der Waals surface area contributed by atoms with Crippen LogP contribution in [0.2, 0.25) is 0 Å². The van der Waals surface area contributed by atoms with Crippen molar-refractivity contribution in [2.24, 2.45) is 0 Å². The van der Waals surface area contributed by atoms with Gasteiger partial charge in [0.25, 0.3) is 0 Å². The second-order valence-corrected chi connectivity index (χ2v) is 10.4. The Morgan fingerprint density at radius 2 is 1.74 bits per heavy atom. The van der Waals surface area contributed by atoms with Crippen LogP contribution in [0.1, 0.15) is 68.6 Å². The highest BCUT2D eigenvalue weighted by molar-refractivity contribution is 6.01. The summed E-state index contributed by atoms with van der Waals surface area (Å²) in [5.41, 5.74) is 10.1. The number of benzene rings is 3. The van der Waals surface area contributed by atoms with Gasteiger partial charge in [-0.2, -0.15) is 0 Å². The van der Waals surface area contributed by atoms with E-state index in [1.807, 2.05) is 25.1 Å². The zero-order valence-electron chi connectivity index (χ0n) is 22.0. The molecule has 3 aromatic rings. The first kappa shape index (κ1) is 26.1. The molecule has 1 fully saturated rings. The molecule has 1 saturated heterocycles. The molecule has 5 heteroatoms. The van der Waals surface area contributed by atoms with Crippen molar-refractivity contribution in [3.05, 3.63) is 110 Å². The minimum absolute atomic E-state index is 0.178. The predicted octanol–water partition coefficient (Wildman–Crippen LogP) is 7.49. The van der Waals surface area contributed by atoms with Gasteiger partial charge in [0.2, 0.25) is 0 Å². The third-order valence-corrected chi connectivity index (χ3v) is 7.73. The predicted molar refractivity (Wildman–Crippen MR) is 150 cm³/mol. The van der Waals surface area contributed by atoms with Crippen molar-refractivity contribution in [2.75, 3.05) is 26.3 Å². The first-order valence-electron chi connectivity index (χ1n) is 13.3. The Bertz CT molecular complexity index is 1430. The first-order chi connectivity index (χ1) is 18.4. The van der Waals surface area contributed by atoms with Crippen molar-refractivity contribution in [2.45, 2.75) is 39.5 Å². The summed E-state index contributed by atoms with van der Waals surface area (Å²) in [4.78, 5) is 13.9. The van der Waals surface area contributed by atoms with Crippen LogP contribution in [0, 0.1) is 19.7 Å². The maximum absolute atomic E-state index is 15.0. The number of hydrogen-bond donors (Lipinski definition) is 1. The van der Waals surface area contributed by atoms with Crippen molar-refractivity contribution in [1.82, 2.24) is 4.90 Å². The molecule has 0 bridgehead atoms. The number of alkyl halides is 1. The highest BCUT2D eigenvalue weighted by Crippen LogP contribution is 2.41. The van der Waals surface area contributed by atoms with E-state index < -0.39 is 5.97 Å². The molecule has 0 unspecified atom stereocenters. The Morgan fingerprint density at radius 1 is 1.00 bits per heavy atom. The number of aromatic carboxylic acids is 1. The van der Waals surface area contributed by atoms with E-state index in [9.17, 15) is 14.3 Å². The number of carboxylic acids is 1. The van der Waals surface area contributed by atoms with E-state index in [2.05, 4.69) is 35.2 Å². The zero-order valence-corrected chi connectivity index (χ0v) is 22.0. The van der Waals surface area contributed by atoms with Crippen molar-refractivity contribution in [3.8, 4) is 0 Å². The Hall–Kier alpha value is -3.57. The molecule has 3 aromatic carbocycles. The van der Waals surface area contributed by atoms with Gasteiger partial charge in [0, 0.05) is 19.6 Å². The van der Waals surface area contributed by atoms with E-state index in [4.69, 9.17) is 0 Å². The quantitative estimate of drug-likeness (QED) is 0.356. The summed E-state index contributed by atoms with van der Waals surface area (Å²) in [5.74, 6) is -1.11. The lowest BCUT2D eigenvalue weighted by molar-refractivity contribution is 0.0696. The maximum Gasteiger partial charge on any atom is 0.335 e. The molecule has 1 N–H and O–H groups in total. The Morgan fingerprint density at radius 3 is 2.45 bits per heavy atom. The minimum Gasteiger partial charge on any atom is -0.478 e. The third kappa shape index (κ3) is 5.21. The smallest absolute Gasteiger partial charge is 0.335 e. The van der Waals surface area contributed by atoms with Gasteiger partial charge < -0.3 is 5.11 Å². The molecule has 196 valence electrons. The van der Waals surface area contributed by atoms with Gasteiger partial charge in [-0.1, -0.05) is 48.5 Å². The number of rotatable bonds is 7. The first-order valence-corrected chi connectivity index (χ1v) is 13.3. The highest BCUT2D eigenvalue weighted by atomic mass is 19.1. The molecule has 0 saturated carbocycles. The number of aryl methyl sites for hydroxylation is 2. The summed E-state index contributed by atoms with van der Waals surface area (Å²) in [6, 6.07) is 17.7. The van der Waals surface area contributed by atoms with E-state index in [0.717, 1.165) is 77.9 Å². The molecule has 2 aliphatic rings. The lowest BCUT2D eigenvalue weighted by atomic mass is 9.85. The van der Waals surface area contributed by atoms with Crippen molar-refractivity contribution in [1.29, 1.82) is 0 Å². The Labute approximate surface area is 223 Å². The van der Waals surface area contributed by atoms with Gasteiger partial charge in [0.1, 0.15) is 5.82 Å². The fraction of sp³-hybridized carbons (Fsp3) is 0.303. The van der Waals surface area contributed by atoms with Crippen LogP contribution in [-0.4, -0.2) is 42.3 Å². The van der Waals surface area contributed by atoms with Crippen LogP contribution in [0.15, 0.2) is 60.2 Å². The maximum atomic E-state index is 15.0. The van der Waals surface area contributed by atoms with Gasteiger partial charge in [-0.25, -0.2) is 9.18 Å². The number of allylic oxidation sites excluding steroid dienone is 1. The summed E-state index contributed by atoms with van der Waals surface area (Å²) in [5, 5.41) is 9.57. The molecule has 1 aliphatic heterocycles. The van der Waals surface area contributed by atoms with Crippen LogP contribution in [0.3, 0.4) is 0 Å². The monoisotopic (exact) mass is 513 g/mol. The van der Waals surface area contributed by atoms with Gasteiger partial charge in [-0.15, -0.1) is 0 Å². The van der Waals surface area contributed by atoms with Gasteiger partial charge in [0.15, 0.2) is 0 Å². The molecule has 0 spiro atoms. The van der Waals surface area contributed by atoms with E-state index >= 15 is 4.39 Å². The van der Waals surface area contributed by atoms with Crippen LogP contribution in [0.5, 0.6) is 0 Å². The number of nitrogens with zero attached hydrogens (tertiary/aromatic N) is 1. The lowest BCUT2D eigenvalue weighted by Gasteiger charge is -2.33. The number of halogens is 2. The standard InChI is InChI=1S/C33H33F2NO2/c1-21-7-13-28(22(2)32(21)35)30-6-3-5-26-18-27(33(37)38)12-14-29(26)31(30)25-10-8-23(9-11-25)17-24-19-36(20-24)16-4-15-34/h7-14,17-18H,3-6,15-16,19-20H2,1-2H3,(H,37,38). The van der Waals surface area contributed by atoms with Gasteiger partial charge in [-0.05, 0) is 107 Å². The normalized spacial score (nSPS) is 15.6. The number of carboxylic acid groups (broad SMARTS) is 1. The van der Waals surface area contributed by atoms with Crippen LogP contribution in [-0.2, 0) is 6.42 Å². The zero-order chi connectivity index (χ0) is 26.8. The fourth-order valence-electron chi connectivity index (χ4n) is 5.71. The SMILES string of the molecule is Cc1ccc(C2=C(c3ccc(C=C4CN(CCCF)C4)cc3)c3ccc(C(=O)O)cc3CCC2)c(C)c1F. The number of carbonyl (C=O) groups is 1. The van der Waals surface area contributed by atoms with Gasteiger partial charge in [0.05, 0.1) is 12.2 Å². The molecule has 0 atom stereocenters. The molecule has 0 amide bonds. The molecular weight excluding hydrogens is 480 g/mol. The summed E-state index contributed by atoms with van der Waals surface area (Å²) in [7, 11) is 0. The largest absolute Gasteiger partial charge is 0.478 e.